The molecule has 4 heteroatoms. The van der Waals surface area contributed by atoms with E-state index in [0.29, 0.717) is 6.04 Å². The van der Waals surface area contributed by atoms with E-state index in [1.54, 1.807) is 0 Å². The molecule has 2 rings (SSSR count). The highest BCUT2D eigenvalue weighted by Gasteiger charge is 2.44. The van der Waals surface area contributed by atoms with E-state index in [1.807, 2.05) is 11.9 Å². The Morgan fingerprint density at radius 2 is 2.29 bits per heavy atom. The normalized spacial score (nSPS) is 39.1. The van der Waals surface area contributed by atoms with Crippen molar-refractivity contribution in [1.29, 1.82) is 0 Å². The summed E-state index contributed by atoms with van der Waals surface area (Å²) in [6.07, 6.45) is 1.83. The van der Waals surface area contributed by atoms with Gasteiger partial charge in [0.2, 0.25) is 5.91 Å². The van der Waals surface area contributed by atoms with Gasteiger partial charge in [0.05, 0.1) is 0 Å². The van der Waals surface area contributed by atoms with Crippen LogP contribution >= 0.6 is 0 Å². The van der Waals surface area contributed by atoms with Gasteiger partial charge in [0.1, 0.15) is 5.54 Å². The predicted octanol–water partition coefficient (Wildman–Crippen LogP) is -0.441. The van der Waals surface area contributed by atoms with Gasteiger partial charge < -0.3 is 15.5 Å². The van der Waals surface area contributed by atoms with Crippen LogP contribution in [-0.2, 0) is 4.79 Å². The van der Waals surface area contributed by atoms with Crippen molar-refractivity contribution in [2.45, 2.75) is 31.3 Å². The molecule has 80 valence electrons. The molecule has 0 aliphatic carbocycles. The van der Waals surface area contributed by atoms with Gasteiger partial charge in [-0.25, -0.2) is 0 Å². The molecule has 2 aliphatic heterocycles. The second-order valence-corrected chi connectivity index (χ2v) is 4.54. The van der Waals surface area contributed by atoms with E-state index < -0.39 is 0 Å². The number of likely N-dealkylation sites (N-methyl/N-ethyl adjacent to an activating group) is 1. The molecule has 0 radical (unpaired) electrons. The smallest absolute Gasteiger partial charge is 0.242 e. The third kappa shape index (κ3) is 1.53. The zero-order chi connectivity index (χ0) is 10.2. The molecule has 0 aromatic heterocycles. The van der Waals surface area contributed by atoms with E-state index in [9.17, 15) is 4.79 Å². The topological polar surface area (TPSA) is 44.4 Å². The molecular weight excluding hydrogens is 178 g/mol. The van der Waals surface area contributed by atoms with Crippen molar-refractivity contribution < 1.29 is 4.79 Å². The Bertz CT molecular complexity index is 238. The summed E-state index contributed by atoms with van der Waals surface area (Å²) in [6.45, 7) is 4.84. The van der Waals surface area contributed by atoms with E-state index in [0.717, 1.165) is 32.5 Å². The fourth-order valence-electron chi connectivity index (χ4n) is 2.59. The van der Waals surface area contributed by atoms with Crippen molar-refractivity contribution in [3.8, 4) is 0 Å². The van der Waals surface area contributed by atoms with Gasteiger partial charge in [0.25, 0.3) is 0 Å². The van der Waals surface area contributed by atoms with Crippen LogP contribution in [0.1, 0.15) is 19.8 Å². The number of hydrogen-bond donors (Lipinski definition) is 2. The number of piperazine rings is 1. The fourth-order valence-corrected chi connectivity index (χ4v) is 2.59. The highest BCUT2D eigenvalue weighted by atomic mass is 16.2. The molecule has 2 unspecified atom stereocenters. The Morgan fingerprint density at radius 3 is 3.00 bits per heavy atom. The first kappa shape index (κ1) is 9.93. The summed E-state index contributed by atoms with van der Waals surface area (Å²) in [6, 6.07) is 0.437. The quantitative estimate of drug-likeness (QED) is 0.553. The van der Waals surface area contributed by atoms with Gasteiger partial charge in [-0.3, -0.25) is 4.79 Å². The molecule has 14 heavy (non-hydrogen) atoms. The second-order valence-electron chi connectivity index (χ2n) is 4.54. The van der Waals surface area contributed by atoms with E-state index >= 15 is 0 Å². The van der Waals surface area contributed by atoms with Crippen LogP contribution in [0.15, 0.2) is 0 Å². The van der Waals surface area contributed by atoms with E-state index in [4.69, 9.17) is 0 Å². The summed E-state index contributed by atoms with van der Waals surface area (Å²) in [4.78, 5) is 13.9. The zero-order valence-corrected chi connectivity index (χ0v) is 8.97. The van der Waals surface area contributed by atoms with Crippen molar-refractivity contribution in [2.75, 3.05) is 26.7 Å². The highest BCUT2D eigenvalue weighted by Crippen LogP contribution is 2.25. The highest BCUT2D eigenvalue weighted by molar-refractivity contribution is 5.87. The van der Waals surface area contributed by atoms with Crippen LogP contribution in [0.2, 0.25) is 0 Å². The van der Waals surface area contributed by atoms with Gasteiger partial charge in [-0.2, -0.15) is 0 Å². The van der Waals surface area contributed by atoms with Crippen LogP contribution in [0.3, 0.4) is 0 Å². The number of rotatable bonds is 0. The Balaban J connectivity index is 2.15. The molecule has 1 amide bonds. The average Bonchev–Trinajstić information content (AvgIpc) is 2.14. The lowest BCUT2D eigenvalue weighted by Gasteiger charge is -2.45. The van der Waals surface area contributed by atoms with Crippen LogP contribution in [0.5, 0.6) is 0 Å². The minimum absolute atomic E-state index is 0.266. The number of carbonyl (C=O) groups excluding carboxylic acids is 1. The summed E-state index contributed by atoms with van der Waals surface area (Å²) in [7, 11) is 1.90. The standard InChI is InChI=1S/C10H19N3O/c1-8-7-10(3-4-11-8)9(14)13(2)6-5-12-10/h8,11-12H,3-7H2,1-2H3. The molecule has 2 atom stereocenters. The van der Waals surface area contributed by atoms with Crippen LogP contribution in [0, 0.1) is 0 Å². The maximum absolute atomic E-state index is 12.1. The van der Waals surface area contributed by atoms with Gasteiger partial charge in [-0.1, -0.05) is 0 Å². The summed E-state index contributed by atoms with van der Waals surface area (Å²) in [5.41, 5.74) is -0.266. The molecule has 2 saturated heterocycles. The first-order valence-electron chi connectivity index (χ1n) is 5.38. The van der Waals surface area contributed by atoms with Gasteiger partial charge >= 0.3 is 0 Å². The number of amides is 1. The number of nitrogens with one attached hydrogen (secondary N) is 2. The molecule has 4 nitrogen and oxygen atoms in total. The molecule has 2 heterocycles. The SMILES string of the molecule is CC1CC2(CCN1)NCCN(C)C2=O. The van der Waals surface area contributed by atoms with E-state index in [2.05, 4.69) is 17.6 Å². The summed E-state index contributed by atoms with van der Waals surface area (Å²) in [5, 5.41) is 6.79. The van der Waals surface area contributed by atoms with Crippen molar-refractivity contribution >= 4 is 5.91 Å². The second kappa shape index (κ2) is 3.51. The molecule has 2 fully saturated rings. The number of carbonyl (C=O) groups is 1. The minimum atomic E-state index is -0.266. The number of hydrogen-bond acceptors (Lipinski definition) is 3. The third-order valence-corrected chi connectivity index (χ3v) is 3.37. The molecule has 0 aromatic rings. The van der Waals surface area contributed by atoms with Gasteiger partial charge in [-0.05, 0) is 26.3 Å². The minimum Gasteiger partial charge on any atom is -0.343 e. The van der Waals surface area contributed by atoms with Crippen LogP contribution in [-0.4, -0.2) is 49.1 Å². The molecule has 0 saturated carbocycles. The molecular formula is C10H19N3O. The van der Waals surface area contributed by atoms with Crippen molar-refractivity contribution in [1.82, 2.24) is 15.5 Å². The van der Waals surface area contributed by atoms with Crippen molar-refractivity contribution in [2.24, 2.45) is 0 Å². The maximum atomic E-state index is 12.1. The van der Waals surface area contributed by atoms with E-state index in [1.165, 1.54) is 0 Å². The van der Waals surface area contributed by atoms with E-state index in [-0.39, 0.29) is 11.4 Å². The molecule has 0 aromatic carbocycles. The molecule has 0 bridgehead atoms. The third-order valence-electron chi connectivity index (χ3n) is 3.37. The lowest BCUT2D eigenvalue weighted by molar-refractivity contribution is -0.141. The fraction of sp³-hybridized carbons (Fsp3) is 0.900. The largest absolute Gasteiger partial charge is 0.343 e. The number of piperidine rings is 1. The Kier molecular flexibility index (Phi) is 2.49. The van der Waals surface area contributed by atoms with Crippen LogP contribution in [0.25, 0.3) is 0 Å². The zero-order valence-electron chi connectivity index (χ0n) is 8.97. The Hall–Kier alpha value is -0.610. The first-order valence-corrected chi connectivity index (χ1v) is 5.38. The van der Waals surface area contributed by atoms with Crippen molar-refractivity contribution in [3.05, 3.63) is 0 Å². The maximum Gasteiger partial charge on any atom is 0.242 e. The summed E-state index contributed by atoms with van der Waals surface area (Å²) in [5.74, 6) is 0.275. The summed E-state index contributed by atoms with van der Waals surface area (Å²) >= 11 is 0. The van der Waals surface area contributed by atoms with Crippen LogP contribution in [0.4, 0.5) is 0 Å². The molecule has 2 aliphatic rings. The molecule has 2 N–H and O–H groups in total. The van der Waals surface area contributed by atoms with Gasteiger partial charge in [-0.15, -0.1) is 0 Å². The summed E-state index contributed by atoms with van der Waals surface area (Å²) < 4.78 is 0. The van der Waals surface area contributed by atoms with Crippen molar-refractivity contribution in [3.63, 3.8) is 0 Å². The molecule has 1 spiro atoms. The average molecular weight is 197 g/mol. The Morgan fingerprint density at radius 1 is 1.50 bits per heavy atom. The monoisotopic (exact) mass is 197 g/mol. The lowest BCUT2D eigenvalue weighted by Crippen LogP contribution is -2.67. The van der Waals surface area contributed by atoms with Gasteiger partial charge in [0, 0.05) is 26.2 Å². The van der Waals surface area contributed by atoms with Crippen LogP contribution < -0.4 is 10.6 Å². The predicted molar refractivity (Wildman–Crippen MR) is 55.1 cm³/mol. The lowest BCUT2D eigenvalue weighted by atomic mass is 9.82. The Labute approximate surface area is 85.0 Å². The first-order chi connectivity index (χ1) is 6.64. The van der Waals surface area contributed by atoms with Gasteiger partial charge in [0.15, 0.2) is 0 Å². The number of nitrogens with zero attached hydrogens (tertiary/aromatic N) is 1.